The lowest BCUT2D eigenvalue weighted by Crippen LogP contribution is -2.00. The number of hydrogen-bond donors (Lipinski definition) is 0. The van der Waals surface area contributed by atoms with E-state index in [1.54, 1.807) is 11.3 Å². The molecule has 0 spiro atoms. The fourth-order valence-electron chi connectivity index (χ4n) is 8.60. The molecule has 12 aromatic rings. The first-order valence-corrected chi connectivity index (χ1v) is 19.9. The van der Waals surface area contributed by atoms with E-state index in [0.29, 0.717) is 17.5 Å². The molecule has 57 heavy (non-hydrogen) atoms. The molecular weight excluding hydrogens is 715 g/mol. The third-order valence-corrected chi connectivity index (χ3v) is 12.3. The summed E-state index contributed by atoms with van der Waals surface area (Å²) in [4.78, 5) is 14.9. The molecule has 5 nitrogen and oxygen atoms in total. The van der Waals surface area contributed by atoms with Crippen molar-refractivity contribution in [3.05, 3.63) is 188 Å². The van der Waals surface area contributed by atoms with Crippen molar-refractivity contribution in [1.29, 1.82) is 0 Å². The van der Waals surface area contributed by atoms with Gasteiger partial charge in [-0.3, -0.25) is 0 Å². The summed E-state index contributed by atoms with van der Waals surface area (Å²) in [5, 5.41) is 7.40. The quantitative estimate of drug-likeness (QED) is 0.176. The van der Waals surface area contributed by atoms with Crippen LogP contribution < -0.4 is 0 Å². The zero-order valence-corrected chi connectivity index (χ0v) is 31.4. The van der Waals surface area contributed by atoms with E-state index in [4.69, 9.17) is 15.0 Å². The second-order valence-electron chi connectivity index (χ2n) is 14.4. The molecule has 0 aliphatic heterocycles. The molecule has 8 aromatic carbocycles. The summed E-state index contributed by atoms with van der Waals surface area (Å²) in [7, 11) is 0. The van der Waals surface area contributed by atoms with Crippen LogP contribution in [0.4, 0.5) is 0 Å². The van der Waals surface area contributed by atoms with Gasteiger partial charge in [0.25, 0.3) is 0 Å². The van der Waals surface area contributed by atoms with Crippen molar-refractivity contribution in [3.8, 4) is 45.5 Å². The van der Waals surface area contributed by atoms with Crippen molar-refractivity contribution in [2.75, 3.05) is 0 Å². The molecule has 0 unspecified atom stereocenters. The van der Waals surface area contributed by atoms with E-state index in [9.17, 15) is 0 Å². The number of aromatic nitrogens is 5. The highest BCUT2D eigenvalue weighted by atomic mass is 32.1. The lowest BCUT2D eigenvalue weighted by Gasteiger charge is -2.12. The molecule has 4 aromatic heterocycles. The third-order valence-electron chi connectivity index (χ3n) is 11.2. The summed E-state index contributed by atoms with van der Waals surface area (Å²) in [6, 6.07) is 66.8. The van der Waals surface area contributed by atoms with Gasteiger partial charge in [0.2, 0.25) is 0 Å². The van der Waals surface area contributed by atoms with Gasteiger partial charge in [0.1, 0.15) is 0 Å². The first kappa shape index (κ1) is 31.9. The van der Waals surface area contributed by atoms with Crippen LogP contribution in [0, 0.1) is 0 Å². The average molecular weight is 746 g/mol. The van der Waals surface area contributed by atoms with Crippen LogP contribution in [-0.2, 0) is 0 Å². The Balaban J connectivity index is 1.07. The van der Waals surface area contributed by atoms with E-state index in [1.807, 2.05) is 60.7 Å². The fraction of sp³-hybridized carbons (Fsp3) is 0. The van der Waals surface area contributed by atoms with E-state index in [1.165, 1.54) is 63.8 Å². The van der Waals surface area contributed by atoms with Crippen molar-refractivity contribution >= 4 is 75.1 Å². The van der Waals surface area contributed by atoms with Crippen LogP contribution in [0.5, 0.6) is 0 Å². The highest BCUT2D eigenvalue weighted by Gasteiger charge is 2.22. The molecule has 266 valence electrons. The van der Waals surface area contributed by atoms with Crippen LogP contribution in [0.1, 0.15) is 0 Å². The second-order valence-corrected chi connectivity index (χ2v) is 15.5. The predicted octanol–water partition coefficient (Wildman–Crippen LogP) is 13.4. The standard InChI is InChI=1S/C51H31N5S/c1-4-14-32(15-5-1)49-52-50(33-16-6-2-7-17-33)54-51(53-49)34-24-26-39-42-31-36(25-29-45(42)57-46(39)30-34)56-44-23-13-11-21-38(44)41-28-27-40-37-20-10-12-22-43(37)55(47(40)48(41)56)35-18-8-3-9-19-35/h1-31H. The third kappa shape index (κ3) is 4.98. The minimum atomic E-state index is 0.658. The zero-order chi connectivity index (χ0) is 37.5. The lowest BCUT2D eigenvalue weighted by atomic mass is 10.1. The topological polar surface area (TPSA) is 48.5 Å². The SMILES string of the molecule is c1ccc(-c2nc(-c3ccccc3)nc(-c3ccc4c(c3)sc3ccc(-n5c6ccccc6c6ccc7c8ccccc8n(-c8ccccc8)c7c65)cc34)n2)cc1. The Kier molecular flexibility index (Phi) is 7.03. The van der Waals surface area contributed by atoms with Gasteiger partial charge < -0.3 is 9.13 Å². The zero-order valence-electron chi connectivity index (χ0n) is 30.5. The number of thiophene rings is 1. The molecule has 0 amide bonds. The van der Waals surface area contributed by atoms with Crippen LogP contribution in [0.25, 0.3) is 109 Å². The molecule has 4 heterocycles. The number of nitrogens with zero attached hydrogens (tertiary/aromatic N) is 5. The highest BCUT2D eigenvalue weighted by Crippen LogP contribution is 2.43. The van der Waals surface area contributed by atoms with Crippen molar-refractivity contribution in [3.63, 3.8) is 0 Å². The van der Waals surface area contributed by atoms with Crippen LogP contribution in [0.3, 0.4) is 0 Å². The van der Waals surface area contributed by atoms with Crippen LogP contribution in [-0.4, -0.2) is 24.1 Å². The van der Waals surface area contributed by atoms with E-state index in [-0.39, 0.29) is 0 Å². The highest BCUT2D eigenvalue weighted by molar-refractivity contribution is 7.25. The summed E-state index contributed by atoms with van der Waals surface area (Å²) >= 11 is 1.81. The van der Waals surface area contributed by atoms with Crippen molar-refractivity contribution in [2.24, 2.45) is 0 Å². The number of para-hydroxylation sites is 3. The number of benzene rings is 8. The molecule has 0 saturated heterocycles. The normalized spacial score (nSPS) is 11.9. The molecule has 0 aliphatic rings. The fourth-order valence-corrected chi connectivity index (χ4v) is 9.72. The Morgan fingerprint density at radius 2 is 0.807 bits per heavy atom. The van der Waals surface area contributed by atoms with Gasteiger partial charge in [0.05, 0.1) is 22.1 Å². The van der Waals surface area contributed by atoms with Crippen LogP contribution in [0.15, 0.2) is 188 Å². The summed E-state index contributed by atoms with van der Waals surface area (Å²) in [5.74, 6) is 1.98. The number of hydrogen-bond acceptors (Lipinski definition) is 4. The summed E-state index contributed by atoms with van der Waals surface area (Å²) in [6.07, 6.45) is 0. The van der Waals surface area contributed by atoms with Gasteiger partial charge in [0.15, 0.2) is 17.5 Å². The average Bonchev–Trinajstić information content (AvgIpc) is 3.94. The maximum atomic E-state index is 5.01. The largest absolute Gasteiger partial charge is 0.307 e. The molecule has 0 aliphatic carbocycles. The monoisotopic (exact) mass is 745 g/mol. The molecule has 0 atom stereocenters. The minimum Gasteiger partial charge on any atom is -0.307 e. The summed E-state index contributed by atoms with van der Waals surface area (Å²) in [5.41, 5.74) is 9.95. The van der Waals surface area contributed by atoms with E-state index >= 15 is 0 Å². The van der Waals surface area contributed by atoms with Crippen LogP contribution in [0.2, 0.25) is 0 Å². The van der Waals surface area contributed by atoms with Gasteiger partial charge in [-0.25, -0.2) is 15.0 Å². The van der Waals surface area contributed by atoms with Gasteiger partial charge in [-0.2, -0.15) is 0 Å². The van der Waals surface area contributed by atoms with Gasteiger partial charge in [0, 0.05) is 69.8 Å². The van der Waals surface area contributed by atoms with Gasteiger partial charge in [-0.1, -0.05) is 140 Å². The maximum Gasteiger partial charge on any atom is 0.164 e. The molecule has 0 N–H and O–H groups in total. The van der Waals surface area contributed by atoms with Crippen molar-refractivity contribution in [1.82, 2.24) is 24.1 Å². The second kappa shape index (κ2) is 12.6. The molecule has 0 fully saturated rings. The Morgan fingerprint density at radius 3 is 1.40 bits per heavy atom. The first-order chi connectivity index (χ1) is 28.3. The van der Waals surface area contributed by atoms with Gasteiger partial charge >= 0.3 is 0 Å². The molecule has 6 heteroatoms. The minimum absolute atomic E-state index is 0.658. The molecule has 12 rings (SSSR count). The lowest BCUT2D eigenvalue weighted by molar-refractivity contribution is 1.07. The Morgan fingerprint density at radius 1 is 0.316 bits per heavy atom. The Labute approximate surface area is 331 Å². The van der Waals surface area contributed by atoms with Crippen LogP contribution >= 0.6 is 11.3 Å². The van der Waals surface area contributed by atoms with Crippen molar-refractivity contribution in [2.45, 2.75) is 0 Å². The van der Waals surface area contributed by atoms with Crippen molar-refractivity contribution < 1.29 is 0 Å². The number of fused-ring (bicyclic) bond motifs is 10. The van der Waals surface area contributed by atoms with E-state index in [0.717, 1.165) is 28.1 Å². The molecule has 0 saturated carbocycles. The van der Waals surface area contributed by atoms with Gasteiger partial charge in [-0.15, -0.1) is 11.3 Å². The summed E-state index contributed by atoms with van der Waals surface area (Å²) in [6.45, 7) is 0. The van der Waals surface area contributed by atoms with E-state index in [2.05, 4.69) is 137 Å². The predicted molar refractivity (Wildman–Crippen MR) is 238 cm³/mol. The molecular formula is C51H31N5S. The molecule has 0 bridgehead atoms. The number of rotatable bonds is 5. The molecule has 0 radical (unpaired) electrons. The smallest absolute Gasteiger partial charge is 0.164 e. The summed E-state index contributed by atoms with van der Waals surface area (Å²) < 4.78 is 7.34. The van der Waals surface area contributed by atoms with Gasteiger partial charge in [-0.05, 0) is 48.5 Å². The Hall–Kier alpha value is -7.41. The first-order valence-electron chi connectivity index (χ1n) is 19.1. The Bertz CT molecular complexity index is 3450. The maximum absolute atomic E-state index is 5.01. The van der Waals surface area contributed by atoms with E-state index < -0.39 is 0 Å².